The third kappa shape index (κ3) is 3.13. The normalized spacial score (nSPS) is 19.8. The molecule has 0 bridgehead atoms. The highest BCUT2D eigenvalue weighted by atomic mass is 35.5. The van der Waals surface area contributed by atoms with E-state index in [4.69, 9.17) is 22.1 Å². The zero-order chi connectivity index (χ0) is 14.0. The number of halogens is 1. The molecule has 2 rings (SSSR count). The van der Waals surface area contributed by atoms with E-state index in [9.17, 15) is 4.79 Å². The van der Waals surface area contributed by atoms with Crippen LogP contribution in [-0.2, 0) is 9.53 Å². The molecule has 7 heteroatoms. The fourth-order valence-corrected chi connectivity index (χ4v) is 2.13. The van der Waals surface area contributed by atoms with Crippen LogP contribution in [-0.4, -0.2) is 41.7 Å². The monoisotopic (exact) mass is 284 g/mol. The van der Waals surface area contributed by atoms with Gasteiger partial charge in [0.1, 0.15) is 22.8 Å². The molecule has 1 saturated heterocycles. The predicted octanol–water partition coefficient (Wildman–Crippen LogP) is 0.944. The van der Waals surface area contributed by atoms with Crippen molar-refractivity contribution in [2.24, 2.45) is 5.73 Å². The van der Waals surface area contributed by atoms with Crippen molar-refractivity contribution in [2.75, 3.05) is 24.7 Å². The van der Waals surface area contributed by atoms with Gasteiger partial charge in [-0.2, -0.15) is 0 Å². The molecule has 0 spiro atoms. The zero-order valence-corrected chi connectivity index (χ0v) is 11.7. The number of carbonyl (C=O) groups is 1. The van der Waals surface area contributed by atoms with Crippen LogP contribution in [0, 0.1) is 0 Å². The Bertz CT molecular complexity index is 481. The van der Waals surface area contributed by atoms with Gasteiger partial charge in [-0.15, -0.1) is 0 Å². The molecule has 0 radical (unpaired) electrons. The lowest BCUT2D eigenvalue weighted by atomic mass is 10.2. The van der Waals surface area contributed by atoms with E-state index in [1.54, 1.807) is 6.07 Å². The van der Waals surface area contributed by atoms with Gasteiger partial charge in [-0.3, -0.25) is 4.79 Å². The molecule has 1 aliphatic heterocycles. The first-order valence-electron chi connectivity index (χ1n) is 6.17. The van der Waals surface area contributed by atoms with E-state index in [2.05, 4.69) is 9.97 Å². The highest BCUT2D eigenvalue weighted by Gasteiger charge is 2.29. The van der Waals surface area contributed by atoms with E-state index in [0.29, 0.717) is 29.9 Å². The summed E-state index contributed by atoms with van der Waals surface area (Å²) in [5.74, 6) is 0.999. The van der Waals surface area contributed by atoms with Gasteiger partial charge in [-0.1, -0.05) is 25.4 Å². The van der Waals surface area contributed by atoms with E-state index in [0.717, 1.165) is 0 Å². The van der Waals surface area contributed by atoms with Gasteiger partial charge in [-0.25, -0.2) is 9.97 Å². The molecule has 1 aromatic rings. The summed E-state index contributed by atoms with van der Waals surface area (Å²) in [4.78, 5) is 21.9. The summed E-state index contributed by atoms with van der Waals surface area (Å²) in [6, 6.07) is 1.13. The van der Waals surface area contributed by atoms with Crippen LogP contribution in [0.5, 0.6) is 0 Å². The smallest absolute Gasteiger partial charge is 0.242 e. The summed E-state index contributed by atoms with van der Waals surface area (Å²) in [5.41, 5.74) is 5.39. The van der Waals surface area contributed by atoms with Gasteiger partial charge in [0.15, 0.2) is 0 Å². The maximum absolute atomic E-state index is 11.5. The lowest BCUT2D eigenvalue weighted by Gasteiger charge is -2.34. The maximum atomic E-state index is 11.5. The Balaban J connectivity index is 2.35. The molecule has 2 heterocycles. The number of carbonyl (C=O) groups excluding carboxylic acids is 1. The van der Waals surface area contributed by atoms with E-state index >= 15 is 0 Å². The number of anilines is 1. The van der Waals surface area contributed by atoms with Crippen LogP contribution in [0.4, 0.5) is 5.82 Å². The van der Waals surface area contributed by atoms with Gasteiger partial charge in [0.25, 0.3) is 0 Å². The van der Waals surface area contributed by atoms with Crippen LogP contribution in [0.15, 0.2) is 6.07 Å². The number of primary amides is 1. The summed E-state index contributed by atoms with van der Waals surface area (Å²) in [5, 5.41) is 0.364. The largest absolute Gasteiger partial charge is 0.377 e. The number of ether oxygens (including phenoxy) is 1. The Morgan fingerprint density at radius 3 is 2.95 bits per heavy atom. The molecule has 0 aromatic carbocycles. The Hall–Kier alpha value is -1.40. The average molecular weight is 285 g/mol. The van der Waals surface area contributed by atoms with Gasteiger partial charge in [0.05, 0.1) is 13.2 Å². The molecule has 6 nitrogen and oxygen atoms in total. The summed E-state index contributed by atoms with van der Waals surface area (Å²) < 4.78 is 5.28. The molecule has 19 heavy (non-hydrogen) atoms. The highest BCUT2D eigenvalue weighted by Crippen LogP contribution is 2.23. The Morgan fingerprint density at radius 1 is 1.58 bits per heavy atom. The van der Waals surface area contributed by atoms with Crippen molar-refractivity contribution in [2.45, 2.75) is 25.8 Å². The number of rotatable bonds is 3. The topological polar surface area (TPSA) is 81.3 Å². The standard InChI is InChI=1S/C12H17ClN4O2/c1-7(2)12-15-9(13)5-10(16-12)17-3-4-19-6-8(17)11(14)18/h5,7-8H,3-4,6H2,1-2H3,(H2,14,18). The molecule has 2 N–H and O–H groups in total. The zero-order valence-electron chi connectivity index (χ0n) is 11.0. The molecule has 1 amide bonds. The van der Waals surface area contributed by atoms with Crippen LogP contribution >= 0.6 is 11.6 Å². The Labute approximate surface area is 116 Å². The number of amides is 1. The van der Waals surface area contributed by atoms with E-state index in [1.165, 1.54) is 0 Å². The quantitative estimate of drug-likeness (QED) is 0.836. The molecule has 1 aromatic heterocycles. The summed E-state index contributed by atoms with van der Waals surface area (Å²) >= 11 is 6.02. The van der Waals surface area contributed by atoms with Crippen LogP contribution in [0.1, 0.15) is 25.6 Å². The minimum Gasteiger partial charge on any atom is -0.377 e. The molecular weight excluding hydrogens is 268 g/mol. The second-order valence-electron chi connectivity index (χ2n) is 4.75. The van der Waals surface area contributed by atoms with E-state index in [-0.39, 0.29) is 12.5 Å². The van der Waals surface area contributed by atoms with Gasteiger partial charge in [-0.05, 0) is 0 Å². The average Bonchev–Trinajstić information content (AvgIpc) is 2.37. The number of hydrogen-bond donors (Lipinski definition) is 1. The Morgan fingerprint density at radius 2 is 2.32 bits per heavy atom. The number of nitrogens with two attached hydrogens (primary N) is 1. The minimum atomic E-state index is -0.514. The first-order valence-corrected chi connectivity index (χ1v) is 6.55. The van der Waals surface area contributed by atoms with E-state index < -0.39 is 11.9 Å². The highest BCUT2D eigenvalue weighted by molar-refractivity contribution is 6.29. The molecule has 1 atom stereocenters. The second kappa shape index (κ2) is 5.71. The summed E-state index contributed by atoms with van der Waals surface area (Å²) in [6.07, 6.45) is 0. The molecule has 1 unspecified atom stereocenters. The Kier molecular flexibility index (Phi) is 4.21. The third-order valence-electron chi connectivity index (χ3n) is 2.97. The van der Waals surface area contributed by atoms with Crippen molar-refractivity contribution in [3.63, 3.8) is 0 Å². The molecule has 1 aliphatic rings. The lowest BCUT2D eigenvalue weighted by molar-refractivity contribution is -0.121. The van der Waals surface area contributed by atoms with Crippen molar-refractivity contribution in [1.29, 1.82) is 0 Å². The number of hydrogen-bond acceptors (Lipinski definition) is 5. The summed E-state index contributed by atoms with van der Waals surface area (Å²) in [7, 11) is 0. The van der Waals surface area contributed by atoms with Crippen molar-refractivity contribution in [1.82, 2.24) is 9.97 Å². The van der Waals surface area contributed by atoms with Crippen molar-refractivity contribution in [3.8, 4) is 0 Å². The second-order valence-corrected chi connectivity index (χ2v) is 5.14. The van der Waals surface area contributed by atoms with Crippen LogP contribution in [0.3, 0.4) is 0 Å². The first-order chi connectivity index (χ1) is 8.99. The number of morpholine rings is 1. The fraction of sp³-hybridized carbons (Fsp3) is 0.583. The van der Waals surface area contributed by atoms with Crippen LogP contribution < -0.4 is 10.6 Å². The molecule has 0 aliphatic carbocycles. The third-order valence-corrected chi connectivity index (χ3v) is 3.16. The summed E-state index contributed by atoms with van der Waals surface area (Å²) in [6.45, 7) is 5.33. The lowest BCUT2D eigenvalue weighted by Crippen LogP contribution is -2.53. The number of aromatic nitrogens is 2. The minimum absolute atomic E-state index is 0.158. The maximum Gasteiger partial charge on any atom is 0.242 e. The van der Waals surface area contributed by atoms with Gasteiger partial charge in [0, 0.05) is 18.5 Å². The van der Waals surface area contributed by atoms with Crippen molar-refractivity contribution in [3.05, 3.63) is 17.0 Å². The van der Waals surface area contributed by atoms with Gasteiger partial charge < -0.3 is 15.4 Å². The van der Waals surface area contributed by atoms with Gasteiger partial charge in [0.2, 0.25) is 5.91 Å². The molecule has 0 saturated carbocycles. The SMILES string of the molecule is CC(C)c1nc(Cl)cc(N2CCOCC2C(N)=O)n1. The molecule has 104 valence electrons. The van der Waals surface area contributed by atoms with Crippen molar-refractivity contribution < 1.29 is 9.53 Å². The number of nitrogens with zero attached hydrogens (tertiary/aromatic N) is 3. The van der Waals surface area contributed by atoms with Crippen molar-refractivity contribution >= 4 is 23.3 Å². The molecular formula is C12H17ClN4O2. The van der Waals surface area contributed by atoms with Crippen LogP contribution in [0.2, 0.25) is 5.15 Å². The predicted molar refractivity (Wildman–Crippen MR) is 72.3 cm³/mol. The van der Waals surface area contributed by atoms with Gasteiger partial charge >= 0.3 is 0 Å². The fourth-order valence-electron chi connectivity index (χ4n) is 1.94. The van der Waals surface area contributed by atoms with Crippen LogP contribution in [0.25, 0.3) is 0 Å². The molecule has 1 fully saturated rings. The first kappa shape index (κ1) is 14.0. The van der Waals surface area contributed by atoms with E-state index in [1.807, 2.05) is 18.7 Å².